The molecule has 3 saturated carbocycles. The molecule has 0 saturated heterocycles. The van der Waals surface area contributed by atoms with Gasteiger partial charge in [0.2, 0.25) is 0 Å². The minimum atomic E-state index is 0.867. The summed E-state index contributed by atoms with van der Waals surface area (Å²) in [6.07, 6.45) is 8.89. The zero-order chi connectivity index (χ0) is 13.5. The smallest absolute Gasteiger partial charge is 0.0314 e. The standard InChI is InChI=1S/C18H26N2/c19-17-5-2-13(3-6-17)11-20(18-7-8-18)12-16-10-14-1-4-15(16)9-14/h2-3,5-6,14-16,18H,1,4,7-12,19H2. The molecule has 0 amide bonds. The van der Waals surface area contributed by atoms with Crippen molar-refractivity contribution in [3.63, 3.8) is 0 Å². The number of benzene rings is 1. The maximum Gasteiger partial charge on any atom is 0.0314 e. The maximum atomic E-state index is 5.79. The third-order valence-electron chi connectivity index (χ3n) is 5.78. The highest BCUT2D eigenvalue weighted by molar-refractivity contribution is 5.39. The van der Waals surface area contributed by atoms with Crippen LogP contribution in [0.5, 0.6) is 0 Å². The molecule has 108 valence electrons. The molecule has 0 aliphatic heterocycles. The zero-order valence-electron chi connectivity index (χ0n) is 12.3. The van der Waals surface area contributed by atoms with Crippen LogP contribution in [0.2, 0.25) is 0 Å². The van der Waals surface area contributed by atoms with Gasteiger partial charge in [-0.15, -0.1) is 0 Å². The SMILES string of the molecule is Nc1ccc(CN(CC2CC3CCC2C3)C2CC2)cc1. The minimum Gasteiger partial charge on any atom is -0.399 e. The molecule has 2 N–H and O–H groups in total. The van der Waals surface area contributed by atoms with Crippen molar-refractivity contribution in [2.45, 2.75) is 51.1 Å². The average molecular weight is 270 g/mol. The second-order valence-corrected chi connectivity index (χ2v) is 7.34. The molecule has 3 unspecified atom stereocenters. The van der Waals surface area contributed by atoms with E-state index in [9.17, 15) is 0 Å². The summed E-state index contributed by atoms with van der Waals surface area (Å²) in [4.78, 5) is 2.76. The normalized spacial score (nSPS) is 32.1. The maximum absolute atomic E-state index is 5.79. The molecule has 1 aromatic rings. The lowest BCUT2D eigenvalue weighted by atomic mass is 9.88. The molecule has 3 atom stereocenters. The summed E-state index contributed by atoms with van der Waals surface area (Å²) >= 11 is 0. The van der Waals surface area contributed by atoms with E-state index in [1.807, 2.05) is 12.1 Å². The van der Waals surface area contributed by atoms with Gasteiger partial charge in [0.15, 0.2) is 0 Å². The predicted molar refractivity (Wildman–Crippen MR) is 83.2 cm³/mol. The van der Waals surface area contributed by atoms with Gasteiger partial charge in [0.25, 0.3) is 0 Å². The van der Waals surface area contributed by atoms with E-state index in [4.69, 9.17) is 5.73 Å². The second-order valence-electron chi connectivity index (χ2n) is 7.34. The summed E-state index contributed by atoms with van der Waals surface area (Å²) in [7, 11) is 0. The highest BCUT2D eigenvalue weighted by Crippen LogP contribution is 2.49. The first-order valence-electron chi connectivity index (χ1n) is 8.36. The van der Waals surface area contributed by atoms with E-state index in [-0.39, 0.29) is 0 Å². The van der Waals surface area contributed by atoms with Gasteiger partial charge in [0.1, 0.15) is 0 Å². The van der Waals surface area contributed by atoms with Crippen LogP contribution >= 0.6 is 0 Å². The van der Waals surface area contributed by atoms with Crippen LogP contribution in [-0.4, -0.2) is 17.5 Å². The fraction of sp³-hybridized carbons (Fsp3) is 0.667. The van der Waals surface area contributed by atoms with Crippen LogP contribution in [0, 0.1) is 17.8 Å². The number of nitrogens with zero attached hydrogens (tertiary/aromatic N) is 1. The molecule has 0 spiro atoms. The number of nitrogens with two attached hydrogens (primary N) is 1. The van der Waals surface area contributed by atoms with Crippen LogP contribution in [0.3, 0.4) is 0 Å². The van der Waals surface area contributed by atoms with Gasteiger partial charge >= 0.3 is 0 Å². The molecule has 4 rings (SSSR count). The lowest BCUT2D eigenvalue weighted by Crippen LogP contribution is -2.33. The Kier molecular flexibility index (Phi) is 3.22. The monoisotopic (exact) mass is 270 g/mol. The zero-order valence-corrected chi connectivity index (χ0v) is 12.3. The first-order chi connectivity index (χ1) is 9.78. The molecule has 2 nitrogen and oxygen atoms in total. The quantitative estimate of drug-likeness (QED) is 0.827. The lowest BCUT2D eigenvalue weighted by molar-refractivity contribution is 0.175. The van der Waals surface area contributed by atoms with Crippen molar-refractivity contribution < 1.29 is 0 Å². The van der Waals surface area contributed by atoms with Crippen molar-refractivity contribution >= 4 is 5.69 Å². The molecule has 3 fully saturated rings. The van der Waals surface area contributed by atoms with Crippen molar-refractivity contribution in [1.82, 2.24) is 4.90 Å². The van der Waals surface area contributed by atoms with Crippen molar-refractivity contribution in [1.29, 1.82) is 0 Å². The summed E-state index contributed by atoms with van der Waals surface area (Å²) in [6, 6.07) is 9.35. The van der Waals surface area contributed by atoms with Gasteiger partial charge in [0.05, 0.1) is 0 Å². The molecule has 20 heavy (non-hydrogen) atoms. The summed E-state index contributed by atoms with van der Waals surface area (Å²) in [6.45, 7) is 2.47. The number of hydrogen-bond donors (Lipinski definition) is 1. The molecule has 3 aliphatic rings. The highest BCUT2D eigenvalue weighted by atomic mass is 15.2. The fourth-order valence-corrected chi connectivity index (χ4v) is 4.54. The lowest BCUT2D eigenvalue weighted by Gasteiger charge is -2.30. The Labute approximate surface area is 122 Å². The number of nitrogen functional groups attached to an aromatic ring is 1. The van der Waals surface area contributed by atoms with E-state index in [1.54, 1.807) is 0 Å². The topological polar surface area (TPSA) is 29.3 Å². The van der Waals surface area contributed by atoms with Crippen LogP contribution < -0.4 is 5.73 Å². The van der Waals surface area contributed by atoms with Crippen LogP contribution in [0.15, 0.2) is 24.3 Å². The van der Waals surface area contributed by atoms with Crippen LogP contribution in [-0.2, 0) is 6.54 Å². The molecular formula is C18H26N2. The summed E-state index contributed by atoms with van der Waals surface area (Å²) in [5.41, 5.74) is 8.09. The Morgan fingerprint density at radius 1 is 1.00 bits per heavy atom. The number of anilines is 1. The van der Waals surface area contributed by atoms with Gasteiger partial charge in [-0.05, 0) is 67.6 Å². The fourth-order valence-electron chi connectivity index (χ4n) is 4.54. The first kappa shape index (κ1) is 12.7. The molecule has 2 bridgehead atoms. The number of hydrogen-bond acceptors (Lipinski definition) is 2. The van der Waals surface area contributed by atoms with Crippen molar-refractivity contribution in [3.05, 3.63) is 29.8 Å². The predicted octanol–water partition coefficient (Wildman–Crippen LogP) is 3.67. The Bertz CT molecular complexity index is 463. The Hall–Kier alpha value is -1.02. The first-order valence-corrected chi connectivity index (χ1v) is 8.36. The average Bonchev–Trinajstić information content (AvgIpc) is 3.10. The molecule has 0 aromatic heterocycles. The molecule has 0 heterocycles. The van der Waals surface area contributed by atoms with Crippen LogP contribution in [0.4, 0.5) is 5.69 Å². The van der Waals surface area contributed by atoms with Gasteiger partial charge < -0.3 is 5.73 Å². The van der Waals surface area contributed by atoms with Crippen molar-refractivity contribution in [2.75, 3.05) is 12.3 Å². The summed E-state index contributed by atoms with van der Waals surface area (Å²) < 4.78 is 0. The molecule has 1 aromatic carbocycles. The van der Waals surface area contributed by atoms with Gasteiger partial charge in [0, 0.05) is 24.8 Å². The van der Waals surface area contributed by atoms with Gasteiger partial charge in [-0.1, -0.05) is 18.6 Å². The Morgan fingerprint density at radius 3 is 2.40 bits per heavy atom. The summed E-state index contributed by atoms with van der Waals surface area (Å²) in [5.74, 6) is 3.11. The Balaban J connectivity index is 1.41. The molecule has 2 heteroatoms. The molecule has 0 radical (unpaired) electrons. The van der Waals surface area contributed by atoms with E-state index in [0.717, 1.165) is 36.0 Å². The van der Waals surface area contributed by atoms with E-state index < -0.39 is 0 Å². The molecular weight excluding hydrogens is 244 g/mol. The van der Waals surface area contributed by atoms with E-state index >= 15 is 0 Å². The van der Waals surface area contributed by atoms with E-state index in [1.165, 1.54) is 50.6 Å². The third-order valence-corrected chi connectivity index (χ3v) is 5.78. The van der Waals surface area contributed by atoms with Gasteiger partial charge in [-0.25, -0.2) is 0 Å². The Morgan fingerprint density at radius 2 is 1.80 bits per heavy atom. The second kappa shape index (κ2) is 5.07. The number of fused-ring (bicyclic) bond motifs is 2. The third kappa shape index (κ3) is 2.58. The van der Waals surface area contributed by atoms with Gasteiger partial charge in [-0.2, -0.15) is 0 Å². The summed E-state index contributed by atoms with van der Waals surface area (Å²) in [5, 5.41) is 0. The highest BCUT2D eigenvalue weighted by Gasteiger charge is 2.41. The largest absolute Gasteiger partial charge is 0.399 e. The van der Waals surface area contributed by atoms with Crippen LogP contribution in [0.1, 0.15) is 44.1 Å². The minimum absolute atomic E-state index is 0.867. The van der Waals surface area contributed by atoms with Crippen molar-refractivity contribution in [2.24, 2.45) is 17.8 Å². The molecule has 3 aliphatic carbocycles. The van der Waals surface area contributed by atoms with E-state index in [2.05, 4.69) is 17.0 Å². The van der Waals surface area contributed by atoms with E-state index in [0.29, 0.717) is 0 Å². The number of rotatable bonds is 5. The van der Waals surface area contributed by atoms with Crippen molar-refractivity contribution in [3.8, 4) is 0 Å². The van der Waals surface area contributed by atoms with Gasteiger partial charge in [-0.3, -0.25) is 4.90 Å². The van der Waals surface area contributed by atoms with Crippen LogP contribution in [0.25, 0.3) is 0 Å².